The first kappa shape index (κ1) is 13.0. The molecule has 18 heavy (non-hydrogen) atoms. The Bertz CT molecular complexity index is 436. The second-order valence-electron chi connectivity index (χ2n) is 4.71. The highest BCUT2D eigenvalue weighted by Gasteiger charge is 2.15. The minimum Gasteiger partial charge on any atom is -0.373 e. The molecule has 0 bridgehead atoms. The van der Waals surface area contributed by atoms with E-state index in [9.17, 15) is 4.79 Å². The van der Waals surface area contributed by atoms with Gasteiger partial charge in [-0.05, 0) is 37.1 Å². The number of carbonyl (C=O) groups excluding carboxylic acids is 1. The zero-order chi connectivity index (χ0) is 13.0. The molecule has 0 radical (unpaired) electrons. The molecule has 0 aliphatic heterocycles. The molecule has 1 aliphatic carbocycles. The van der Waals surface area contributed by atoms with Crippen molar-refractivity contribution in [1.82, 2.24) is 5.32 Å². The number of thiocarbonyl (C=S) groups is 1. The SMILES string of the molecule is CC(=O)Nc1ccc(C(=S)NC2CCCC2)cc1. The predicted molar refractivity (Wildman–Crippen MR) is 77.8 cm³/mol. The van der Waals surface area contributed by atoms with Crippen LogP contribution in [0.25, 0.3) is 0 Å². The number of nitrogens with one attached hydrogen (secondary N) is 2. The van der Waals surface area contributed by atoms with Crippen LogP contribution in [0.5, 0.6) is 0 Å². The van der Waals surface area contributed by atoms with Crippen molar-refractivity contribution in [2.75, 3.05) is 5.32 Å². The number of anilines is 1. The van der Waals surface area contributed by atoms with Crippen molar-refractivity contribution in [2.45, 2.75) is 38.6 Å². The lowest BCUT2D eigenvalue weighted by molar-refractivity contribution is -0.114. The predicted octanol–water partition coefficient (Wildman–Crippen LogP) is 2.85. The van der Waals surface area contributed by atoms with Crippen LogP contribution in [0, 0.1) is 0 Å². The number of rotatable bonds is 3. The van der Waals surface area contributed by atoms with Gasteiger partial charge in [0.05, 0.1) is 0 Å². The van der Waals surface area contributed by atoms with Gasteiger partial charge in [0.15, 0.2) is 0 Å². The van der Waals surface area contributed by atoms with Gasteiger partial charge in [0.25, 0.3) is 0 Å². The smallest absolute Gasteiger partial charge is 0.221 e. The van der Waals surface area contributed by atoms with E-state index in [0.717, 1.165) is 16.2 Å². The minimum absolute atomic E-state index is 0.0607. The maximum atomic E-state index is 10.9. The summed E-state index contributed by atoms with van der Waals surface area (Å²) in [5.74, 6) is -0.0607. The van der Waals surface area contributed by atoms with Crippen LogP contribution in [0.1, 0.15) is 38.2 Å². The average molecular weight is 262 g/mol. The molecule has 0 saturated heterocycles. The van der Waals surface area contributed by atoms with Crippen LogP contribution in [0.2, 0.25) is 0 Å². The van der Waals surface area contributed by atoms with Crippen molar-refractivity contribution in [3.63, 3.8) is 0 Å². The van der Waals surface area contributed by atoms with E-state index in [-0.39, 0.29) is 5.91 Å². The van der Waals surface area contributed by atoms with Gasteiger partial charge in [-0.2, -0.15) is 0 Å². The van der Waals surface area contributed by atoms with E-state index in [4.69, 9.17) is 12.2 Å². The van der Waals surface area contributed by atoms with Crippen LogP contribution in [0.4, 0.5) is 5.69 Å². The highest BCUT2D eigenvalue weighted by molar-refractivity contribution is 7.80. The highest BCUT2D eigenvalue weighted by atomic mass is 32.1. The lowest BCUT2D eigenvalue weighted by Gasteiger charge is -2.14. The van der Waals surface area contributed by atoms with E-state index in [1.54, 1.807) is 0 Å². The van der Waals surface area contributed by atoms with Gasteiger partial charge in [0.2, 0.25) is 5.91 Å². The summed E-state index contributed by atoms with van der Waals surface area (Å²) in [6.07, 6.45) is 5.01. The fourth-order valence-electron chi connectivity index (χ4n) is 2.25. The fourth-order valence-corrected chi connectivity index (χ4v) is 2.55. The second kappa shape index (κ2) is 5.96. The van der Waals surface area contributed by atoms with E-state index in [1.807, 2.05) is 24.3 Å². The van der Waals surface area contributed by atoms with E-state index in [2.05, 4.69) is 10.6 Å². The quantitative estimate of drug-likeness (QED) is 0.823. The van der Waals surface area contributed by atoms with Crippen molar-refractivity contribution in [1.29, 1.82) is 0 Å². The van der Waals surface area contributed by atoms with Crippen LogP contribution >= 0.6 is 12.2 Å². The molecule has 1 aromatic carbocycles. The summed E-state index contributed by atoms with van der Waals surface area (Å²) in [6.45, 7) is 1.50. The maximum Gasteiger partial charge on any atom is 0.221 e. The standard InChI is InChI=1S/C14H18N2OS/c1-10(17)15-13-8-6-11(7-9-13)14(18)16-12-4-2-3-5-12/h6-9,12H,2-5H2,1H3,(H,15,17)(H,16,18). The van der Waals surface area contributed by atoms with E-state index in [0.29, 0.717) is 6.04 Å². The Labute approximate surface area is 113 Å². The third-order valence-electron chi connectivity index (χ3n) is 3.16. The summed E-state index contributed by atoms with van der Waals surface area (Å²) in [7, 11) is 0. The summed E-state index contributed by atoms with van der Waals surface area (Å²) >= 11 is 5.39. The topological polar surface area (TPSA) is 41.1 Å². The number of benzene rings is 1. The fraction of sp³-hybridized carbons (Fsp3) is 0.429. The van der Waals surface area contributed by atoms with Gasteiger partial charge >= 0.3 is 0 Å². The normalized spacial score (nSPS) is 15.4. The van der Waals surface area contributed by atoms with Crippen LogP contribution in [-0.2, 0) is 4.79 Å². The molecule has 1 aromatic rings. The third-order valence-corrected chi connectivity index (χ3v) is 3.51. The summed E-state index contributed by atoms with van der Waals surface area (Å²) in [5.41, 5.74) is 1.81. The number of hydrogen-bond donors (Lipinski definition) is 2. The summed E-state index contributed by atoms with van der Waals surface area (Å²) in [6, 6.07) is 8.16. The summed E-state index contributed by atoms with van der Waals surface area (Å²) in [4.78, 5) is 11.7. The van der Waals surface area contributed by atoms with Crippen LogP contribution in [-0.4, -0.2) is 16.9 Å². The maximum absolute atomic E-state index is 10.9. The van der Waals surface area contributed by atoms with Gasteiger partial charge < -0.3 is 10.6 Å². The molecular formula is C14H18N2OS. The number of amides is 1. The largest absolute Gasteiger partial charge is 0.373 e. The Hall–Kier alpha value is -1.42. The van der Waals surface area contributed by atoms with E-state index < -0.39 is 0 Å². The Morgan fingerprint density at radius 3 is 2.39 bits per heavy atom. The third kappa shape index (κ3) is 3.53. The zero-order valence-electron chi connectivity index (χ0n) is 10.5. The Balaban J connectivity index is 1.95. The molecule has 4 heteroatoms. The summed E-state index contributed by atoms with van der Waals surface area (Å²) in [5, 5.41) is 6.14. The number of hydrogen-bond acceptors (Lipinski definition) is 2. The van der Waals surface area contributed by atoms with Gasteiger partial charge in [-0.25, -0.2) is 0 Å². The number of carbonyl (C=O) groups is 1. The van der Waals surface area contributed by atoms with E-state index in [1.165, 1.54) is 32.6 Å². The van der Waals surface area contributed by atoms with Crippen molar-refractivity contribution >= 4 is 28.8 Å². The van der Waals surface area contributed by atoms with Crippen molar-refractivity contribution in [3.05, 3.63) is 29.8 Å². The average Bonchev–Trinajstić information content (AvgIpc) is 2.82. The Kier molecular flexibility index (Phi) is 4.31. The first-order valence-corrected chi connectivity index (χ1v) is 6.74. The van der Waals surface area contributed by atoms with E-state index >= 15 is 0 Å². The minimum atomic E-state index is -0.0607. The van der Waals surface area contributed by atoms with Crippen molar-refractivity contribution < 1.29 is 4.79 Å². The highest BCUT2D eigenvalue weighted by Crippen LogP contribution is 2.18. The molecule has 0 heterocycles. The summed E-state index contributed by atoms with van der Waals surface area (Å²) < 4.78 is 0. The molecular weight excluding hydrogens is 244 g/mol. The molecule has 1 saturated carbocycles. The lowest BCUT2D eigenvalue weighted by Crippen LogP contribution is -2.31. The Morgan fingerprint density at radius 2 is 1.83 bits per heavy atom. The van der Waals surface area contributed by atoms with Gasteiger partial charge in [0.1, 0.15) is 4.99 Å². The second-order valence-corrected chi connectivity index (χ2v) is 5.12. The molecule has 2 rings (SSSR count). The molecule has 3 nitrogen and oxygen atoms in total. The lowest BCUT2D eigenvalue weighted by atomic mass is 10.1. The molecule has 0 aromatic heterocycles. The first-order valence-electron chi connectivity index (χ1n) is 6.33. The molecule has 0 spiro atoms. The molecule has 2 N–H and O–H groups in total. The Morgan fingerprint density at radius 1 is 1.22 bits per heavy atom. The van der Waals surface area contributed by atoms with Crippen LogP contribution in [0.15, 0.2) is 24.3 Å². The molecule has 1 aliphatic rings. The van der Waals surface area contributed by atoms with Crippen LogP contribution in [0.3, 0.4) is 0 Å². The molecule has 0 atom stereocenters. The van der Waals surface area contributed by atoms with Crippen molar-refractivity contribution in [3.8, 4) is 0 Å². The zero-order valence-corrected chi connectivity index (χ0v) is 11.3. The van der Waals surface area contributed by atoms with Crippen molar-refractivity contribution in [2.24, 2.45) is 0 Å². The van der Waals surface area contributed by atoms with Gasteiger partial charge in [-0.1, -0.05) is 25.1 Å². The first-order chi connectivity index (χ1) is 8.65. The van der Waals surface area contributed by atoms with Crippen LogP contribution < -0.4 is 10.6 Å². The molecule has 0 unspecified atom stereocenters. The van der Waals surface area contributed by atoms with Gasteiger partial charge in [-0.15, -0.1) is 0 Å². The monoisotopic (exact) mass is 262 g/mol. The molecule has 1 fully saturated rings. The van der Waals surface area contributed by atoms with Gasteiger partial charge in [0, 0.05) is 24.2 Å². The van der Waals surface area contributed by atoms with Gasteiger partial charge in [-0.3, -0.25) is 4.79 Å². The molecule has 1 amide bonds. The molecule has 96 valence electrons.